The Hall–Kier alpha value is -3.01. The van der Waals surface area contributed by atoms with Crippen LogP contribution < -0.4 is 4.90 Å². The monoisotopic (exact) mass is 383 g/mol. The summed E-state index contributed by atoms with van der Waals surface area (Å²) in [5.41, 5.74) is 5.61. The largest absolute Gasteiger partial charge is 0.309 e. The Morgan fingerprint density at radius 1 is 1.03 bits per heavy atom. The van der Waals surface area contributed by atoms with Crippen molar-refractivity contribution in [3.05, 3.63) is 72.1 Å². The van der Waals surface area contributed by atoms with Crippen molar-refractivity contribution < 1.29 is 4.79 Å². The van der Waals surface area contributed by atoms with Crippen LogP contribution in [0, 0.1) is 0 Å². The molecule has 1 aromatic heterocycles. The third-order valence-corrected chi connectivity index (χ3v) is 6.24. The highest BCUT2D eigenvalue weighted by atomic mass is 16.1. The van der Waals surface area contributed by atoms with Gasteiger partial charge in [0.2, 0.25) is 5.95 Å². The van der Waals surface area contributed by atoms with Gasteiger partial charge >= 0.3 is 0 Å². The molecule has 5 rings (SSSR count). The van der Waals surface area contributed by atoms with E-state index >= 15 is 0 Å². The van der Waals surface area contributed by atoms with Crippen LogP contribution >= 0.6 is 0 Å². The minimum absolute atomic E-state index is 0.224. The van der Waals surface area contributed by atoms with Crippen LogP contribution in [0.5, 0.6) is 0 Å². The molecule has 2 aliphatic rings. The first kappa shape index (κ1) is 18.0. The maximum absolute atomic E-state index is 12.6. The van der Waals surface area contributed by atoms with Crippen LogP contribution in [0.25, 0.3) is 11.1 Å². The maximum Gasteiger partial charge on any atom is 0.229 e. The van der Waals surface area contributed by atoms with Crippen LogP contribution in [0.15, 0.2) is 60.9 Å². The van der Waals surface area contributed by atoms with Crippen molar-refractivity contribution >= 4 is 17.4 Å². The summed E-state index contributed by atoms with van der Waals surface area (Å²) < 4.78 is 0. The number of ketones is 1. The van der Waals surface area contributed by atoms with Gasteiger partial charge in [-0.15, -0.1) is 0 Å². The number of anilines is 2. The molecule has 2 aromatic carbocycles. The first-order chi connectivity index (χ1) is 14.2. The standard InChI is InChI=1S/C25H25N3O/c1-2-3-9-23(29)19-10-11-21-22(14-19)28(17-25(21)12-13-25)24-26-15-20(16-27-24)18-7-5-4-6-8-18/h4-8,10-11,14-16H,2-3,9,12-13,17H2,1H3. The van der Waals surface area contributed by atoms with Crippen LogP contribution in [0.4, 0.5) is 11.6 Å². The molecule has 1 aliphatic carbocycles. The number of carbonyl (C=O) groups excluding carboxylic acids is 1. The molecule has 4 nitrogen and oxygen atoms in total. The molecule has 0 saturated heterocycles. The van der Waals surface area contributed by atoms with Gasteiger partial charge in [0.25, 0.3) is 0 Å². The van der Waals surface area contributed by atoms with Crippen molar-refractivity contribution in [3.63, 3.8) is 0 Å². The molecule has 1 saturated carbocycles. The van der Waals surface area contributed by atoms with Gasteiger partial charge in [0.1, 0.15) is 0 Å². The quantitative estimate of drug-likeness (QED) is 0.512. The van der Waals surface area contributed by atoms with Crippen LogP contribution in [0.2, 0.25) is 0 Å². The number of aromatic nitrogens is 2. The van der Waals surface area contributed by atoms with Crippen molar-refractivity contribution in [1.82, 2.24) is 9.97 Å². The van der Waals surface area contributed by atoms with Gasteiger partial charge in [-0.05, 0) is 36.5 Å². The molecule has 0 radical (unpaired) electrons. The van der Waals surface area contributed by atoms with Crippen molar-refractivity contribution in [3.8, 4) is 11.1 Å². The van der Waals surface area contributed by atoms with Gasteiger partial charge < -0.3 is 4.90 Å². The van der Waals surface area contributed by atoms with Crippen molar-refractivity contribution in [2.24, 2.45) is 0 Å². The smallest absolute Gasteiger partial charge is 0.229 e. The van der Waals surface area contributed by atoms with Crippen molar-refractivity contribution in [2.45, 2.75) is 44.4 Å². The third kappa shape index (κ3) is 3.23. The van der Waals surface area contributed by atoms with Crippen molar-refractivity contribution in [2.75, 3.05) is 11.4 Å². The van der Waals surface area contributed by atoms with Gasteiger partial charge in [-0.2, -0.15) is 0 Å². The fourth-order valence-corrected chi connectivity index (χ4v) is 4.33. The number of nitrogens with zero attached hydrogens (tertiary/aromatic N) is 3. The Labute approximate surface area is 171 Å². The second-order valence-corrected chi connectivity index (χ2v) is 8.26. The van der Waals surface area contributed by atoms with Crippen LogP contribution in [-0.2, 0) is 5.41 Å². The van der Waals surface area contributed by atoms with E-state index in [1.807, 2.05) is 36.7 Å². The Kier molecular flexibility index (Phi) is 4.42. The Morgan fingerprint density at radius 3 is 2.48 bits per heavy atom. The van der Waals surface area contributed by atoms with E-state index in [0.717, 1.165) is 41.8 Å². The highest BCUT2D eigenvalue weighted by Gasteiger charge is 2.52. The van der Waals surface area contributed by atoms with Gasteiger partial charge in [0.15, 0.2) is 5.78 Å². The first-order valence-corrected chi connectivity index (χ1v) is 10.5. The lowest BCUT2D eigenvalue weighted by atomic mass is 9.96. The second-order valence-electron chi connectivity index (χ2n) is 8.26. The van der Waals surface area contributed by atoms with Crippen LogP contribution in [0.3, 0.4) is 0 Å². The molecule has 29 heavy (non-hydrogen) atoms. The molecule has 146 valence electrons. The van der Waals surface area contributed by atoms with Crippen LogP contribution in [-0.4, -0.2) is 22.3 Å². The molecule has 1 aliphatic heterocycles. The summed E-state index contributed by atoms with van der Waals surface area (Å²) in [7, 11) is 0. The van der Waals surface area contributed by atoms with E-state index in [2.05, 4.69) is 46.1 Å². The molecular formula is C25H25N3O. The molecule has 0 N–H and O–H groups in total. The van der Waals surface area contributed by atoms with E-state index in [4.69, 9.17) is 0 Å². The van der Waals surface area contributed by atoms with Crippen molar-refractivity contribution in [1.29, 1.82) is 0 Å². The van der Waals surface area contributed by atoms with Gasteiger partial charge in [-0.3, -0.25) is 4.79 Å². The highest BCUT2D eigenvalue weighted by Crippen LogP contribution is 2.57. The summed E-state index contributed by atoms with van der Waals surface area (Å²) in [4.78, 5) is 24.1. The number of benzene rings is 2. The fraction of sp³-hybridized carbons (Fsp3) is 0.320. The topological polar surface area (TPSA) is 46.1 Å². The lowest BCUT2D eigenvalue weighted by Gasteiger charge is -2.18. The number of hydrogen-bond donors (Lipinski definition) is 0. The fourth-order valence-electron chi connectivity index (χ4n) is 4.33. The highest BCUT2D eigenvalue weighted by molar-refractivity contribution is 5.97. The molecule has 1 spiro atoms. The number of rotatable bonds is 6. The Morgan fingerprint density at radius 2 is 1.79 bits per heavy atom. The average molecular weight is 383 g/mol. The summed E-state index contributed by atoms with van der Waals surface area (Å²) in [5, 5.41) is 0. The number of hydrogen-bond acceptors (Lipinski definition) is 4. The number of fused-ring (bicyclic) bond motifs is 2. The van der Waals surface area contributed by atoms with E-state index in [-0.39, 0.29) is 11.2 Å². The number of unbranched alkanes of at least 4 members (excludes halogenated alkanes) is 1. The number of carbonyl (C=O) groups is 1. The average Bonchev–Trinajstić information content (AvgIpc) is 3.49. The molecule has 0 amide bonds. The zero-order chi connectivity index (χ0) is 19.8. The zero-order valence-electron chi connectivity index (χ0n) is 16.8. The van der Waals surface area contributed by atoms with Gasteiger partial charge in [0.05, 0.1) is 0 Å². The molecule has 4 heteroatoms. The summed E-state index contributed by atoms with van der Waals surface area (Å²) in [6, 6.07) is 16.4. The van der Waals surface area contributed by atoms with E-state index in [1.54, 1.807) is 0 Å². The van der Waals surface area contributed by atoms with E-state index in [1.165, 1.54) is 18.4 Å². The molecule has 0 bridgehead atoms. The Balaban J connectivity index is 1.47. The number of Topliss-reactive ketones (excluding diaryl/α,β-unsaturated/α-hetero) is 1. The lowest BCUT2D eigenvalue weighted by molar-refractivity contribution is 0.0980. The SMILES string of the molecule is CCCCC(=O)c1ccc2c(c1)N(c1ncc(-c3ccccc3)cn1)CC21CC1. The molecule has 2 heterocycles. The van der Waals surface area contributed by atoms with Gasteiger partial charge in [-0.25, -0.2) is 9.97 Å². The molecular weight excluding hydrogens is 358 g/mol. The van der Waals surface area contributed by atoms with Gasteiger partial charge in [-0.1, -0.05) is 55.8 Å². The predicted molar refractivity (Wildman–Crippen MR) is 116 cm³/mol. The van der Waals surface area contributed by atoms with E-state index < -0.39 is 0 Å². The van der Waals surface area contributed by atoms with E-state index in [9.17, 15) is 4.79 Å². The van der Waals surface area contributed by atoms with E-state index in [0.29, 0.717) is 12.4 Å². The summed E-state index contributed by atoms with van der Waals surface area (Å²) in [6.45, 7) is 3.02. The van der Waals surface area contributed by atoms with Gasteiger partial charge in [0, 0.05) is 47.6 Å². The minimum atomic E-state index is 0.224. The molecule has 0 unspecified atom stereocenters. The minimum Gasteiger partial charge on any atom is -0.309 e. The summed E-state index contributed by atoms with van der Waals surface area (Å²) >= 11 is 0. The Bertz CT molecular complexity index is 1040. The molecule has 0 atom stereocenters. The zero-order valence-corrected chi connectivity index (χ0v) is 16.8. The van der Waals surface area contributed by atoms with Crippen LogP contribution in [0.1, 0.15) is 54.9 Å². The third-order valence-electron chi connectivity index (χ3n) is 6.24. The first-order valence-electron chi connectivity index (χ1n) is 10.5. The normalized spacial score (nSPS) is 16.1. The summed E-state index contributed by atoms with van der Waals surface area (Å²) in [6.07, 6.45) is 8.77. The second kappa shape index (κ2) is 7.11. The predicted octanol–water partition coefficient (Wildman–Crippen LogP) is 5.70. The summed E-state index contributed by atoms with van der Waals surface area (Å²) in [5.74, 6) is 0.944. The lowest BCUT2D eigenvalue weighted by Crippen LogP contribution is -2.21. The molecule has 1 fully saturated rings. The maximum atomic E-state index is 12.6. The molecule has 3 aromatic rings.